The van der Waals surface area contributed by atoms with Crippen molar-refractivity contribution in [3.8, 4) is 11.5 Å². The van der Waals surface area contributed by atoms with E-state index in [9.17, 15) is 13.2 Å². The third kappa shape index (κ3) is 5.93. The number of fused-ring (bicyclic) bond motifs is 1. The van der Waals surface area contributed by atoms with E-state index in [1.54, 1.807) is 30.3 Å². The quantitative estimate of drug-likeness (QED) is 0.419. The Hall–Kier alpha value is -3.47. The third-order valence-electron chi connectivity index (χ3n) is 6.93. The Bertz CT molecular complexity index is 1490. The molecule has 5 rings (SSSR count). The molecular weight excluding hydrogens is 534 g/mol. The maximum absolute atomic E-state index is 13.4. The van der Waals surface area contributed by atoms with Crippen LogP contribution in [-0.2, 0) is 20.4 Å². The number of nitrogens with zero attached hydrogens (tertiary/aromatic N) is 2. The molecule has 0 saturated carbocycles. The summed E-state index contributed by atoms with van der Waals surface area (Å²) < 4.78 is 37.6. The monoisotopic (exact) mass is 565 g/mol. The second-order valence-electron chi connectivity index (χ2n) is 9.50. The van der Waals surface area contributed by atoms with Crippen molar-refractivity contribution in [1.29, 1.82) is 0 Å². The van der Waals surface area contributed by atoms with Crippen LogP contribution in [0.3, 0.4) is 0 Å². The van der Waals surface area contributed by atoms with Crippen LogP contribution in [0.2, 0.25) is 0 Å². The van der Waals surface area contributed by atoms with E-state index in [0.717, 1.165) is 37.4 Å². The molecule has 0 aliphatic carbocycles. The van der Waals surface area contributed by atoms with Crippen molar-refractivity contribution in [2.75, 3.05) is 57.7 Å². The highest BCUT2D eigenvalue weighted by molar-refractivity contribution is 8.04. The zero-order chi connectivity index (χ0) is 27.6. The number of carbonyl (C=O) groups excluding carboxylic acids is 1. The molecule has 0 radical (unpaired) electrons. The van der Waals surface area contributed by atoms with Crippen molar-refractivity contribution in [2.24, 2.45) is 0 Å². The summed E-state index contributed by atoms with van der Waals surface area (Å²) in [5.41, 5.74) is 3.11. The highest BCUT2D eigenvalue weighted by Crippen LogP contribution is 2.41. The van der Waals surface area contributed by atoms with Gasteiger partial charge in [0.2, 0.25) is 0 Å². The molecule has 8 nitrogen and oxygen atoms in total. The largest absolute Gasteiger partial charge is 0.496 e. The Kier molecular flexibility index (Phi) is 7.88. The highest BCUT2D eigenvalue weighted by Gasteiger charge is 2.26. The molecule has 0 aromatic heterocycles. The van der Waals surface area contributed by atoms with Gasteiger partial charge in [0.25, 0.3) is 5.91 Å². The Morgan fingerprint density at radius 3 is 2.26 bits per heavy atom. The van der Waals surface area contributed by atoms with E-state index in [1.165, 1.54) is 32.0 Å². The number of benzene rings is 3. The standard InChI is InChI=1S/C29H31N3O5S2/c1-31-13-15-32(16-14-31)21-9-7-20(8-10-21)17-28-29(33)30-24-12-11-22(18-27(24)38-28)39(34,35)19-23-25(36-2)5-4-6-26(23)37-3/h4-12,17-18H,13-16,19H2,1-3H3,(H,30,33)/b28-17+. The molecule has 1 saturated heterocycles. The lowest BCUT2D eigenvalue weighted by Gasteiger charge is -2.34. The van der Waals surface area contributed by atoms with E-state index in [4.69, 9.17) is 9.47 Å². The van der Waals surface area contributed by atoms with Gasteiger partial charge >= 0.3 is 0 Å². The summed E-state index contributed by atoms with van der Waals surface area (Å²) >= 11 is 1.26. The molecular formula is C29H31N3O5S2. The number of likely N-dealkylation sites (N-methyl/N-ethyl adjacent to an activating group) is 1. The molecule has 10 heteroatoms. The van der Waals surface area contributed by atoms with Gasteiger partial charge in [0.15, 0.2) is 9.84 Å². The SMILES string of the molecule is COc1cccc(OC)c1CS(=O)(=O)c1ccc2c(c1)S/C(=C/c1ccc(N3CCN(C)CC3)cc1)C(=O)N2. The summed E-state index contributed by atoms with van der Waals surface area (Å²) in [6, 6.07) is 18.1. The Balaban J connectivity index is 1.37. The number of methoxy groups -OCH3 is 2. The molecule has 204 valence electrons. The predicted octanol–water partition coefficient (Wildman–Crippen LogP) is 4.51. The third-order valence-corrected chi connectivity index (χ3v) is 9.65. The van der Waals surface area contributed by atoms with Crippen LogP contribution in [0.4, 0.5) is 11.4 Å². The number of hydrogen-bond acceptors (Lipinski definition) is 8. The van der Waals surface area contributed by atoms with Crippen molar-refractivity contribution in [1.82, 2.24) is 4.90 Å². The predicted molar refractivity (Wildman–Crippen MR) is 155 cm³/mol. The van der Waals surface area contributed by atoms with Gasteiger partial charge in [0.1, 0.15) is 11.5 Å². The summed E-state index contributed by atoms with van der Waals surface area (Å²) in [6.45, 7) is 4.04. The molecule has 2 heterocycles. The summed E-state index contributed by atoms with van der Waals surface area (Å²) in [7, 11) is 1.39. The molecule has 2 aliphatic heterocycles. The van der Waals surface area contributed by atoms with Gasteiger partial charge in [-0.1, -0.05) is 30.0 Å². The van der Waals surface area contributed by atoms with Crippen LogP contribution in [0, 0.1) is 0 Å². The van der Waals surface area contributed by atoms with Crippen LogP contribution >= 0.6 is 11.8 Å². The van der Waals surface area contributed by atoms with Gasteiger partial charge < -0.3 is 24.6 Å². The number of hydrogen-bond donors (Lipinski definition) is 1. The summed E-state index contributed by atoms with van der Waals surface area (Å²) in [5.74, 6) is 0.394. The van der Waals surface area contributed by atoms with Gasteiger partial charge in [-0.05, 0) is 61.2 Å². The van der Waals surface area contributed by atoms with Gasteiger partial charge in [0.05, 0.1) is 41.0 Å². The molecule has 3 aromatic carbocycles. The van der Waals surface area contributed by atoms with Gasteiger partial charge in [-0.25, -0.2) is 8.42 Å². The minimum atomic E-state index is -3.73. The lowest BCUT2D eigenvalue weighted by molar-refractivity contribution is -0.112. The number of amides is 1. The Morgan fingerprint density at radius 2 is 1.62 bits per heavy atom. The fourth-order valence-corrected chi connectivity index (χ4v) is 7.14. The molecule has 39 heavy (non-hydrogen) atoms. The Labute approximate surface area is 233 Å². The van der Waals surface area contributed by atoms with Gasteiger partial charge in [0, 0.05) is 36.8 Å². The number of ether oxygens (including phenoxy) is 2. The minimum absolute atomic E-state index is 0.161. The molecule has 2 aliphatic rings. The number of sulfone groups is 1. The van der Waals surface area contributed by atoms with E-state index in [2.05, 4.69) is 34.3 Å². The molecule has 1 amide bonds. The van der Waals surface area contributed by atoms with Crippen LogP contribution < -0.4 is 19.7 Å². The summed E-state index contributed by atoms with van der Waals surface area (Å²) in [4.78, 5) is 18.8. The van der Waals surface area contributed by atoms with Crippen molar-refractivity contribution in [2.45, 2.75) is 15.5 Å². The first-order valence-electron chi connectivity index (χ1n) is 12.6. The van der Waals surface area contributed by atoms with Crippen LogP contribution in [-0.4, -0.2) is 66.7 Å². The van der Waals surface area contributed by atoms with Crippen molar-refractivity contribution in [3.05, 3.63) is 76.7 Å². The smallest absolute Gasteiger partial charge is 0.262 e. The average Bonchev–Trinajstić information content (AvgIpc) is 2.94. The van der Waals surface area contributed by atoms with Crippen LogP contribution in [0.1, 0.15) is 11.1 Å². The lowest BCUT2D eigenvalue weighted by Crippen LogP contribution is -2.44. The van der Waals surface area contributed by atoms with Crippen LogP contribution in [0.15, 0.2) is 75.4 Å². The van der Waals surface area contributed by atoms with Crippen molar-refractivity contribution < 1.29 is 22.7 Å². The second kappa shape index (κ2) is 11.3. The van der Waals surface area contributed by atoms with Crippen molar-refractivity contribution in [3.63, 3.8) is 0 Å². The van der Waals surface area contributed by atoms with E-state index in [0.29, 0.717) is 32.6 Å². The Morgan fingerprint density at radius 1 is 0.949 bits per heavy atom. The van der Waals surface area contributed by atoms with Gasteiger partial charge in [-0.3, -0.25) is 4.79 Å². The van der Waals surface area contributed by atoms with E-state index >= 15 is 0 Å². The summed E-state index contributed by atoms with van der Waals surface area (Å²) in [5, 5.41) is 2.89. The molecule has 3 aromatic rings. The van der Waals surface area contributed by atoms with Crippen LogP contribution in [0.5, 0.6) is 11.5 Å². The first kappa shape index (κ1) is 27.1. The van der Waals surface area contributed by atoms with Gasteiger partial charge in [-0.2, -0.15) is 0 Å². The zero-order valence-corrected chi connectivity index (χ0v) is 23.8. The number of thioether (sulfide) groups is 1. The number of piperazine rings is 1. The molecule has 0 bridgehead atoms. The normalized spacial score (nSPS) is 17.1. The number of anilines is 2. The van der Waals surface area contributed by atoms with Crippen molar-refractivity contribution >= 4 is 45.0 Å². The second-order valence-corrected chi connectivity index (χ2v) is 12.6. The van der Waals surface area contributed by atoms with Gasteiger partial charge in [-0.15, -0.1) is 0 Å². The molecule has 0 unspecified atom stereocenters. The zero-order valence-electron chi connectivity index (χ0n) is 22.1. The summed E-state index contributed by atoms with van der Waals surface area (Å²) in [6.07, 6.45) is 1.83. The first-order chi connectivity index (χ1) is 18.8. The fraction of sp³-hybridized carbons (Fsp3) is 0.276. The number of rotatable bonds is 7. The topological polar surface area (TPSA) is 88.2 Å². The maximum Gasteiger partial charge on any atom is 0.262 e. The number of carbonyl (C=O) groups is 1. The highest BCUT2D eigenvalue weighted by atomic mass is 32.2. The molecule has 0 spiro atoms. The lowest BCUT2D eigenvalue weighted by atomic mass is 10.1. The van der Waals surface area contributed by atoms with E-state index in [1.807, 2.05) is 18.2 Å². The number of nitrogens with one attached hydrogen (secondary N) is 1. The molecule has 0 atom stereocenters. The minimum Gasteiger partial charge on any atom is -0.496 e. The van der Waals surface area contributed by atoms with E-state index < -0.39 is 9.84 Å². The molecule has 1 fully saturated rings. The maximum atomic E-state index is 13.4. The average molecular weight is 566 g/mol. The first-order valence-corrected chi connectivity index (χ1v) is 15.1. The fourth-order valence-electron chi connectivity index (χ4n) is 4.67. The van der Waals surface area contributed by atoms with Crippen LogP contribution in [0.25, 0.3) is 6.08 Å². The van der Waals surface area contributed by atoms with E-state index in [-0.39, 0.29) is 16.6 Å². The molecule has 1 N–H and O–H groups in total.